The van der Waals surface area contributed by atoms with E-state index < -0.39 is 0 Å². The number of allylic oxidation sites excluding steroid dienone is 2. The zero-order valence-corrected chi connectivity index (χ0v) is 13.1. The molecular formula is C15H21N3O2S. The molecular weight excluding hydrogens is 286 g/mol. The van der Waals surface area contributed by atoms with E-state index in [1.807, 2.05) is 10.3 Å². The number of hydrogen-bond acceptors (Lipinski definition) is 5. The largest absolute Gasteiger partial charge is 0.374 e. The fourth-order valence-electron chi connectivity index (χ4n) is 2.83. The second-order valence-corrected chi connectivity index (χ2v) is 6.53. The molecule has 114 valence electrons. The van der Waals surface area contributed by atoms with Gasteiger partial charge in [0.15, 0.2) is 5.13 Å². The van der Waals surface area contributed by atoms with Gasteiger partial charge in [-0.1, -0.05) is 12.2 Å². The van der Waals surface area contributed by atoms with Crippen LogP contribution < -0.4 is 4.90 Å². The van der Waals surface area contributed by atoms with E-state index in [1.54, 1.807) is 6.20 Å². The highest BCUT2D eigenvalue weighted by atomic mass is 32.1. The molecule has 1 unspecified atom stereocenters. The number of ether oxygens (including phenoxy) is 1. The van der Waals surface area contributed by atoms with Gasteiger partial charge < -0.3 is 9.64 Å². The van der Waals surface area contributed by atoms with E-state index in [9.17, 15) is 4.79 Å². The number of anilines is 1. The summed E-state index contributed by atoms with van der Waals surface area (Å²) >= 11 is 1.51. The predicted octanol–water partition coefficient (Wildman–Crippen LogP) is 1.77. The third-order valence-corrected chi connectivity index (χ3v) is 4.80. The highest BCUT2D eigenvalue weighted by molar-refractivity contribution is 7.13. The first kappa shape index (κ1) is 14.7. The Bertz CT molecular complexity index is 495. The minimum absolute atomic E-state index is 0.0611. The third kappa shape index (κ3) is 3.51. The van der Waals surface area contributed by atoms with Crippen molar-refractivity contribution in [1.29, 1.82) is 0 Å². The lowest BCUT2D eigenvalue weighted by molar-refractivity contribution is -0.122. The molecule has 1 atom stereocenters. The van der Waals surface area contributed by atoms with E-state index in [0.29, 0.717) is 6.54 Å². The maximum atomic E-state index is 12.8. The Kier molecular flexibility index (Phi) is 4.67. The molecule has 6 heteroatoms. The Hall–Kier alpha value is -1.24. The molecule has 0 aromatic carbocycles. The van der Waals surface area contributed by atoms with Crippen molar-refractivity contribution in [3.63, 3.8) is 0 Å². The number of carbonyl (C=O) groups is 1. The van der Waals surface area contributed by atoms with Crippen molar-refractivity contribution >= 4 is 22.4 Å². The smallest absolute Gasteiger partial charge is 0.232 e. The minimum Gasteiger partial charge on any atom is -0.374 e. The van der Waals surface area contributed by atoms with E-state index >= 15 is 0 Å². The number of thiazole rings is 1. The van der Waals surface area contributed by atoms with Gasteiger partial charge in [0.05, 0.1) is 19.3 Å². The van der Waals surface area contributed by atoms with Crippen molar-refractivity contribution in [3.05, 3.63) is 23.7 Å². The first-order chi connectivity index (χ1) is 10.2. The van der Waals surface area contributed by atoms with E-state index in [1.165, 1.54) is 11.3 Å². The molecule has 0 bridgehead atoms. The van der Waals surface area contributed by atoms with Crippen LogP contribution in [0.5, 0.6) is 0 Å². The highest BCUT2D eigenvalue weighted by Gasteiger charge is 2.30. The lowest BCUT2D eigenvalue weighted by Crippen LogP contribution is -2.48. The van der Waals surface area contributed by atoms with Gasteiger partial charge in [0.1, 0.15) is 0 Å². The second kappa shape index (κ2) is 6.68. The molecule has 5 nitrogen and oxygen atoms in total. The average molecular weight is 307 g/mol. The Morgan fingerprint density at radius 1 is 1.52 bits per heavy atom. The molecule has 0 saturated carbocycles. The Morgan fingerprint density at radius 3 is 3.00 bits per heavy atom. The van der Waals surface area contributed by atoms with Crippen LogP contribution in [-0.2, 0) is 9.53 Å². The normalized spacial score (nSPS) is 23.6. The summed E-state index contributed by atoms with van der Waals surface area (Å²) in [6.45, 7) is 3.13. The van der Waals surface area contributed by atoms with Gasteiger partial charge in [0.2, 0.25) is 5.91 Å². The van der Waals surface area contributed by atoms with Crippen LogP contribution in [0, 0.1) is 5.92 Å². The lowest BCUT2D eigenvalue weighted by Gasteiger charge is -2.33. The fourth-order valence-corrected chi connectivity index (χ4v) is 3.49. The van der Waals surface area contributed by atoms with Crippen LogP contribution in [0.3, 0.4) is 0 Å². The summed E-state index contributed by atoms with van der Waals surface area (Å²) in [5.74, 6) is 0.238. The summed E-state index contributed by atoms with van der Waals surface area (Å²) in [4.78, 5) is 21.2. The molecule has 3 rings (SSSR count). The molecule has 1 aromatic rings. The van der Waals surface area contributed by atoms with Gasteiger partial charge >= 0.3 is 0 Å². The molecule has 1 aliphatic carbocycles. The van der Waals surface area contributed by atoms with Crippen LogP contribution in [0.4, 0.5) is 5.13 Å². The quantitative estimate of drug-likeness (QED) is 0.795. The number of likely N-dealkylation sites (N-methyl/N-ethyl adjacent to an activating group) is 1. The fraction of sp³-hybridized carbons (Fsp3) is 0.600. The zero-order chi connectivity index (χ0) is 14.7. The molecule has 1 amide bonds. The summed E-state index contributed by atoms with van der Waals surface area (Å²) in [5, 5.41) is 2.69. The maximum absolute atomic E-state index is 12.8. The zero-order valence-electron chi connectivity index (χ0n) is 12.3. The molecule has 0 spiro atoms. The molecule has 2 aliphatic rings. The number of hydrogen-bond donors (Lipinski definition) is 0. The molecule has 2 heterocycles. The molecule has 0 radical (unpaired) electrons. The average Bonchev–Trinajstić information content (AvgIpc) is 3.17. The highest BCUT2D eigenvalue weighted by Crippen LogP contribution is 2.26. The first-order valence-corrected chi connectivity index (χ1v) is 8.28. The first-order valence-electron chi connectivity index (χ1n) is 7.40. The van der Waals surface area contributed by atoms with E-state index in [4.69, 9.17) is 4.74 Å². The van der Waals surface area contributed by atoms with Gasteiger partial charge in [-0.2, -0.15) is 0 Å². The number of aromatic nitrogens is 1. The summed E-state index contributed by atoms with van der Waals surface area (Å²) in [7, 11) is 2.09. The Labute approximate surface area is 129 Å². The van der Waals surface area contributed by atoms with Crippen molar-refractivity contribution in [3.8, 4) is 0 Å². The van der Waals surface area contributed by atoms with Gasteiger partial charge in [-0.25, -0.2) is 4.98 Å². The van der Waals surface area contributed by atoms with Crippen molar-refractivity contribution in [2.75, 3.05) is 38.2 Å². The van der Waals surface area contributed by atoms with Gasteiger partial charge in [-0.3, -0.25) is 9.69 Å². The van der Waals surface area contributed by atoms with Gasteiger partial charge in [-0.05, 0) is 19.9 Å². The SMILES string of the molecule is CN1CCOC(CN(C(=O)C2CC=CC2)c2nccs2)C1. The monoisotopic (exact) mass is 307 g/mol. The third-order valence-electron chi connectivity index (χ3n) is 4.00. The summed E-state index contributed by atoms with van der Waals surface area (Å²) < 4.78 is 5.82. The summed E-state index contributed by atoms with van der Waals surface area (Å²) in [6.07, 6.45) is 7.67. The topological polar surface area (TPSA) is 45.7 Å². The minimum atomic E-state index is 0.0611. The summed E-state index contributed by atoms with van der Waals surface area (Å²) in [5.41, 5.74) is 0. The molecule has 1 fully saturated rings. The molecule has 21 heavy (non-hydrogen) atoms. The van der Waals surface area contributed by atoms with Crippen molar-refractivity contribution < 1.29 is 9.53 Å². The van der Waals surface area contributed by atoms with Gasteiger partial charge in [-0.15, -0.1) is 11.3 Å². The summed E-state index contributed by atoms with van der Waals surface area (Å²) in [6, 6.07) is 0. The molecule has 1 aromatic heterocycles. The number of amides is 1. The number of nitrogens with zero attached hydrogens (tertiary/aromatic N) is 3. The number of morpholine rings is 1. The molecule has 0 N–H and O–H groups in total. The lowest BCUT2D eigenvalue weighted by atomic mass is 10.1. The van der Waals surface area contributed by atoms with E-state index in [0.717, 1.165) is 37.7 Å². The van der Waals surface area contributed by atoms with E-state index in [-0.39, 0.29) is 17.9 Å². The van der Waals surface area contributed by atoms with Crippen molar-refractivity contribution in [1.82, 2.24) is 9.88 Å². The van der Waals surface area contributed by atoms with Gasteiger partial charge in [0, 0.05) is 30.6 Å². The van der Waals surface area contributed by atoms with Gasteiger partial charge in [0.25, 0.3) is 0 Å². The molecule has 1 aliphatic heterocycles. The van der Waals surface area contributed by atoms with Crippen LogP contribution in [-0.4, -0.2) is 55.2 Å². The standard InChI is InChI=1S/C15H21N3O2S/c1-17-7-8-20-13(10-17)11-18(15-16-6-9-21-15)14(19)12-4-2-3-5-12/h2-3,6,9,12-13H,4-5,7-8,10-11H2,1H3. The van der Waals surface area contributed by atoms with Crippen LogP contribution in [0.1, 0.15) is 12.8 Å². The van der Waals surface area contributed by atoms with Crippen molar-refractivity contribution in [2.24, 2.45) is 5.92 Å². The molecule has 1 saturated heterocycles. The number of rotatable bonds is 4. The van der Waals surface area contributed by atoms with Crippen LogP contribution >= 0.6 is 11.3 Å². The Balaban J connectivity index is 1.71. The van der Waals surface area contributed by atoms with Crippen LogP contribution in [0.15, 0.2) is 23.7 Å². The van der Waals surface area contributed by atoms with Crippen LogP contribution in [0.2, 0.25) is 0 Å². The second-order valence-electron chi connectivity index (χ2n) is 5.66. The number of carbonyl (C=O) groups excluding carboxylic acids is 1. The Morgan fingerprint density at radius 2 is 2.33 bits per heavy atom. The van der Waals surface area contributed by atoms with Crippen molar-refractivity contribution in [2.45, 2.75) is 18.9 Å². The van der Waals surface area contributed by atoms with E-state index in [2.05, 4.69) is 29.1 Å². The van der Waals surface area contributed by atoms with Crippen LogP contribution in [0.25, 0.3) is 0 Å². The predicted molar refractivity (Wildman–Crippen MR) is 83.6 cm³/mol. The maximum Gasteiger partial charge on any atom is 0.232 e.